The molecule has 0 aromatic carbocycles. The van der Waals surface area contributed by atoms with Gasteiger partial charge in [0.25, 0.3) is 5.91 Å². The van der Waals surface area contributed by atoms with E-state index in [1.54, 1.807) is 6.07 Å². The number of hydrogen-bond donors (Lipinski definition) is 2. The molecule has 0 atom stereocenters. The van der Waals surface area contributed by atoms with Crippen molar-refractivity contribution in [2.75, 3.05) is 12.3 Å². The molecule has 0 bridgehead atoms. The maximum Gasteiger partial charge on any atom is 0.268 e. The highest BCUT2D eigenvalue weighted by molar-refractivity contribution is 5.93. The van der Waals surface area contributed by atoms with Gasteiger partial charge in [-0.25, -0.2) is 0 Å². The fourth-order valence-electron chi connectivity index (χ4n) is 2.68. The zero-order valence-electron chi connectivity index (χ0n) is 11.3. The molecule has 3 N–H and O–H groups in total. The third-order valence-corrected chi connectivity index (χ3v) is 4.28. The molecular weight excluding hydrogens is 226 g/mol. The number of aromatic nitrogens is 1. The lowest BCUT2D eigenvalue weighted by molar-refractivity contribution is 0.0842. The Morgan fingerprint density at radius 3 is 2.72 bits per heavy atom. The molecule has 1 amide bonds. The molecule has 1 fully saturated rings. The predicted molar refractivity (Wildman–Crippen MR) is 73.4 cm³/mol. The summed E-state index contributed by atoms with van der Waals surface area (Å²) in [6, 6.07) is 1.75. The van der Waals surface area contributed by atoms with Crippen LogP contribution in [0.25, 0.3) is 0 Å². The van der Waals surface area contributed by atoms with Crippen molar-refractivity contribution in [3.05, 3.63) is 18.0 Å². The summed E-state index contributed by atoms with van der Waals surface area (Å²) in [6.07, 6.45) is 6.72. The van der Waals surface area contributed by atoms with Crippen molar-refractivity contribution >= 4 is 11.6 Å². The highest BCUT2D eigenvalue weighted by Crippen LogP contribution is 2.43. The number of nitrogens with zero attached hydrogens (tertiary/aromatic N) is 1. The molecule has 0 saturated heterocycles. The molecule has 4 heteroatoms. The molecule has 1 aliphatic carbocycles. The van der Waals surface area contributed by atoms with E-state index in [0.29, 0.717) is 16.8 Å². The Balaban J connectivity index is 1.99. The largest absolute Gasteiger partial charge is 0.397 e. The quantitative estimate of drug-likeness (QED) is 0.841. The van der Waals surface area contributed by atoms with Crippen molar-refractivity contribution < 1.29 is 4.79 Å². The van der Waals surface area contributed by atoms with E-state index in [2.05, 4.69) is 12.2 Å². The van der Waals surface area contributed by atoms with E-state index in [4.69, 9.17) is 5.73 Å². The van der Waals surface area contributed by atoms with Gasteiger partial charge in [0, 0.05) is 19.3 Å². The summed E-state index contributed by atoms with van der Waals surface area (Å²) < 4.78 is 1.89. The average Bonchev–Trinajstić information content (AvgIpc) is 2.69. The van der Waals surface area contributed by atoms with E-state index >= 15 is 0 Å². The Hall–Kier alpha value is -1.45. The van der Waals surface area contributed by atoms with Crippen LogP contribution in [-0.4, -0.2) is 17.0 Å². The number of nitrogen functional groups attached to an aromatic ring is 1. The Labute approximate surface area is 109 Å². The number of anilines is 1. The van der Waals surface area contributed by atoms with Crippen molar-refractivity contribution in [3.63, 3.8) is 0 Å². The van der Waals surface area contributed by atoms with E-state index in [9.17, 15) is 4.79 Å². The van der Waals surface area contributed by atoms with E-state index < -0.39 is 0 Å². The lowest BCUT2D eigenvalue weighted by Gasteiger charge is -2.41. The topological polar surface area (TPSA) is 60.0 Å². The van der Waals surface area contributed by atoms with Crippen LogP contribution in [0.5, 0.6) is 0 Å². The van der Waals surface area contributed by atoms with Gasteiger partial charge in [-0.3, -0.25) is 4.79 Å². The maximum absolute atomic E-state index is 12.2. The summed E-state index contributed by atoms with van der Waals surface area (Å²) in [7, 11) is 0. The predicted octanol–water partition coefficient (Wildman–Crippen LogP) is 2.40. The van der Waals surface area contributed by atoms with Crippen LogP contribution >= 0.6 is 0 Å². The lowest BCUT2D eigenvalue weighted by atomic mass is 9.67. The number of hydrogen-bond acceptors (Lipinski definition) is 2. The summed E-state index contributed by atoms with van der Waals surface area (Å²) >= 11 is 0. The summed E-state index contributed by atoms with van der Waals surface area (Å²) in [6.45, 7) is 5.77. The standard InChI is InChI=1S/C14H23N3O/c1-3-14(6-5-7-14)10-16-13(18)12-8-11(15)9-17(12)4-2/h8-9H,3-7,10,15H2,1-2H3,(H,16,18). The van der Waals surface area contributed by atoms with Gasteiger partial charge in [-0.2, -0.15) is 0 Å². The molecule has 0 radical (unpaired) electrons. The Kier molecular flexibility index (Phi) is 3.64. The highest BCUT2D eigenvalue weighted by Gasteiger charge is 2.35. The molecular formula is C14H23N3O. The second kappa shape index (κ2) is 5.04. The van der Waals surface area contributed by atoms with Gasteiger partial charge in [-0.1, -0.05) is 13.3 Å². The smallest absolute Gasteiger partial charge is 0.268 e. The fraction of sp³-hybridized carbons (Fsp3) is 0.643. The second-order valence-electron chi connectivity index (χ2n) is 5.33. The Bertz CT molecular complexity index is 427. The van der Waals surface area contributed by atoms with Crippen LogP contribution in [0, 0.1) is 5.41 Å². The molecule has 1 aliphatic rings. The van der Waals surface area contributed by atoms with Crippen LogP contribution in [0.3, 0.4) is 0 Å². The minimum atomic E-state index is -0.00623. The molecule has 1 aromatic heterocycles. The third kappa shape index (κ3) is 2.37. The minimum Gasteiger partial charge on any atom is -0.397 e. The number of nitrogens with one attached hydrogen (secondary N) is 1. The normalized spacial score (nSPS) is 17.2. The molecule has 1 saturated carbocycles. The van der Waals surface area contributed by atoms with Gasteiger partial charge in [0.2, 0.25) is 0 Å². The zero-order chi connectivity index (χ0) is 13.2. The fourth-order valence-corrected chi connectivity index (χ4v) is 2.68. The van der Waals surface area contributed by atoms with Crippen LogP contribution in [0.1, 0.15) is 50.0 Å². The molecule has 0 spiro atoms. The highest BCUT2D eigenvalue weighted by atomic mass is 16.1. The summed E-state index contributed by atoms with van der Waals surface area (Å²) in [5, 5.41) is 3.07. The minimum absolute atomic E-state index is 0.00623. The summed E-state index contributed by atoms with van der Waals surface area (Å²) in [4.78, 5) is 12.2. The van der Waals surface area contributed by atoms with Crippen molar-refractivity contribution in [2.24, 2.45) is 5.41 Å². The molecule has 1 aromatic rings. The monoisotopic (exact) mass is 249 g/mol. The summed E-state index contributed by atoms with van der Waals surface area (Å²) in [5.41, 5.74) is 7.41. The first kappa shape index (κ1) is 13.0. The van der Waals surface area contributed by atoms with Crippen molar-refractivity contribution in [1.29, 1.82) is 0 Å². The van der Waals surface area contributed by atoms with Crippen LogP contribution in [0.15, 0.2) is 12.3 Å². The summed E-state index contributed by atoms with van der Waals surface area (Å²) in [5.74, 6) is -0.00623. The zero-order valence-corrected chi connectivity index (χ0v) is 11.3. The van der Waals surface area contributed by atoms with Crippen molar-refractivity contribution in [3.8, 4) is 0 Å². The number of rotatable bonds is 5. The molecule has 100 valence electrons. The number of carbonyl (C=O) groups excluding carboxylic acids is 1. The van der Waals surface area contributed by atoms with E-state index in [1.807, 2.05) is 17.7 Å². The first-order chi connectivity index (χ1) is 8.60. The van der Waals surface area contributed by atoms with Crippen molar-refractivity contribution in [1.82, 2.24) is 9.88 Å². The molecule has 2 rings (SSSR count). The van der Waals surface area contributed by atoms with Crippen LogP contribution in [0.4, 0.5) is 5.69 Å². The van der Waals surface area contributed by atoms with Crippen molar-refractivity contribution in [2.45, 2.75) is 46.1 Å². The van der Waals surface area contributed by atoms with E-state index in [1.165, 1.54) is 19.3 Å². The van der Waals surface area contributed by atoms with Crippen LogP contribution in [0.2, 0.25) is 0 Å². The first-order valence-corrected chi connectivity index (χ1v) is 6.84. The lowest BCUT2D eigenvalue weighted by Crippen LogP contribution is -2.42. The van der Waals surface area contributed by atoms with E-state index in [0.717, 1.165) is 19.5 Å². The van der Waals surface area contributed by atoms with Crippen LogP contribution in [-0.2, 0) is 6.54 Å². The number of nitrogens with two attached hydrogens (primary N) is 1. The van der Waals surface area contributed by atoms with Gasteiger partial charge in [-0.15, -0.1) is 0 Å². The average molecular weight is 249 g/mol. The SMILES string of the molecule is CCn1cc(N)cc1C(=O)NCC1(CC)CCC1. The number of carbonyl (C=O) groups is 1. The van der Waals surface area contributed by atoms with Gasteiger partial charge in [0.1, 0.15) is 5.69 Å². The number of amides is 1. The second-order valence-corrected chi connectivity index (χ2v) is 5.33. The molecule has 18 heavy (non-hydrogen) atoms. The Morgan fingerprint density at radius 1 is 1.50 bits per heavy atom. The van der Waals surface area contributed by atoms with Gasteiger partial charge in [0.05, 0.1) is 5.69 Å². The van der Waals surface area contributed by atoms with Gasteiger partial charge in [-0.05, 0) is 37.7 Å². The van der Waals surface area contributed by atoms with Gasteiger partial charge >= 0.3 is 0 Å². The van der Waals surface area contributed by atoms with Gasteiger partial charge in [0.15, 0.2) is 0 Å². The van der Waals surface area contributed by atoms with E-state index in [-0.39, 0.29) is 5.91 Å². The van der Waals surface area contributed by atoms with Gasteiger partial charge < -0.3 is 15.6 Å². The maximum atomic E-state index is 12.2. The Morgan fingerprint density at radius 2 is 2.22 bits per heavy atom. The molecule has 0 unspecified atom stereocenters. The number of aryl methyl sites for hydroxylation is 1. The molecule has 0 aliphatic heterocycles. The first-order valence-electron chi connectivity index (χ1n) is 6.84. The third-order valence-electron chi connectivity index (χ3n) is 4.28. The molecule has 4 nitrogen and oxygen atoms in total. The van der Waals surface area contributed by atoms with Crippen LogP contribution < -0.4 is 11.1 Å². The molecule has 1 heterocycles.